The number of carbonyl (C=O) groups excluding carboxylic acids is 1. The Balaban J connectivity index is 2.10. The Labute approximate surface area is 123 Å². The Morgan fingerprint density at radius 2 is 2.05 bits per heavy atom. The summed E-state index contributed by atoms with van der Waals surface area (Å²) in [7, 11) is 0. The number of para-hydroxylation sites is 1. The van der Waals surface area contributed by atoms with Crippen LogP contribution in [-0.2, 0) is 0 Å². The lowest BCUT2D eigenvalue weighted by Crippen LogP contribution is -2.07. The standard InChI is InChI=1S/C17H18N2O2/c1-3-14(4-2)19-10-13(11-20)17(18-19)16-9-12-7-5-6-8-15(12)21-16/h5-11,14H,3-4H2,1-2H3. The van der Waals surface area contributed by atoms with E-state index in [9.17, 15) is 4.79 Å². The lowest BCUT2D eigenvalue weighted by molar-refractivity contribution is 0.112. The molecule has 0 bridgehead atoms. The zero-order chi connectivity index (χ0) is 14.8. The van der Waals surface area contributed by atoms with Crippen molar-refractivity contribution in [3.63, 3.8) is 0 Å². The second kappa shape index (κ2) is 5.56. The van der Waals surface area contributed by atoms with Crippen LogP contribution < -0.4 is 0 Å². The van der Waals surface area contributed by atoms with Crippen LogP contribution in [0, 0.1) is 0 Å². The number of carbonyl (C=O) groups is 1. The minimum absolute atomic E-state index is 0.307. The summed E-state index contributed by atoms with van der Waals surface area (Å²) in [6.07, 6.45) is 4.62. The quantitative estimate of drug-likeness (QED) is 0.649. The molecule has 2 aromatic heterocycles. The highest BCUT2D eigenvalue weighted by Crippen LogP contribution is 2.29. The molecule has 0 atom stereocenters. The van der Waals surface area contributed by atoms with Crippen LogP contribution in [0.2, 0.25) is 0 Å². The molecule has 0 aliphatic rings. The van der Waals surface area contributed by atoms with Gasteiger partial charge in [-0.05, 0) is 25.0 Å². The molecule has 4 heteroatoms. The fourth-order valence-electron chi connectivity index (χ4n) is 2.63. The van der Waals surface area contributed by atoms with Gasteiger partial charge >= 0.3 is 0 Å². The van der Waals surface area contributed by atoms with Crippen molar-refractivity contribution in [2.45, 2.75) is 32.7 Å². The van der Waals surface area contributed by atoms with Gasteiger partial charge in [-0.3, -0.25) is 9.48 Å². The van der Waals surface area contributed by atoms with Crippen molar-refractivity contribution in [1.29, 1.82) is 0 Å². The maximum absolute atomic E-state index is 11.3. The van der Waals surface area contributed by atoms with Crippen LogP contribution >= 0.6 is 0 Å². The van der Waals surface area contributed by atoms with Gasteiger partial charge in [-0.15, -0.1) is 0 Å². The highest BCUT2D eigenvalue weighted by Gasteiger charge is 2.17. The number of furan rings is 1. The first-order chi connectivity index (χ1) is 10.3. The SMILES string of the molecule is CCC(CC)n1cc(C=O)c(-c2cc3ccccc3o2)n1. The van der Waals surface area contributed by atoms with Gasteiger partial charge in [0, 0.05) is 11.6 Å². The third-order valence-electron chi connectivity index (χ3n) is 3.86. The molecular weight excluding hydrogens is 264 g/mol. The Morgan fingerprint density at radius 3 is 2.71 bits per heavy atom. The molecule has 2 heterocycles. The second-order valence-corrected chi connectivity index (χ2v) is 5.15. The van der Waals surface area contributed by atoms with Gasteiger partial charge in [-0.25, -0.2) is 0 Å². The first kappa shape index (κ1) is 13.6. The normalized spacial score (nSPS) is 11.4. The predicted octanol–water partition coefficient (Wildman–Crippen LogP) is 4.47. The summed E-state index contributed by atoms with van der Waals surface area (Å²) in [6, 6.07) is 10.0. The van der Waals surface area contributed by atoms with E-state index in [-0.39, 0.29) is 0 Å². The molecule has 4 nitrogen and oxygen atoms in total. The molecule has 0 saturated carbocycles. The highest BCUT2D eigenvalue weighted by atomic mass is 16.3. The van der Waals surface area contributed by atoms with E-state index in [2.05, 4.69) is 18.9 Å². The maximum atomic E-state index is 11.3. The molecule has 0 aliphatic heterocycles. The number of aromatic nitrogens is 2. The number of fused-ring (bicyclic) bond motifs is 1. The lowest BCUT2D eigenvalue weighted by Gasteiger charge is -2.12. The van der Waals surface area contributed by atoms with Crippen molar-refractivity contribution < 1.29 is 9.21 Å². The minimum atomic E-state index is 0.307. The molecule has 0 amide bonds. The zero-order valence-electron chi connectivity index (χ0n) is 12.2. The summed E-state index contributed by atoms with van der Waals surface area (Å²) < 4.78 is 7.70. The smallest absolute Gasteiger partial charge is 0.156 e. The molecule has 0 aliphatic carbocycles. The van der Waals surface area contributed by atoms with Crippen molar-refractivity contribution in [2.24, 2.45) is 0 Å². The number of nitrogens with zero attached hydrogens (tertiary/aromatic N) is 2. The summed E-state index contributed by atoms with van der Waals surface area (Å²) in [5.74, 6) is 0.642. The van der Waals surface area contributed by atoms with E-state index < -0.39 is 0 Å². The van der Waals surface area contributed by atoms with E-state index in [1.165, 1.54) is 0 Å². The number of rotatable bonds is 5. The average molecular weight is 282 g/mol. The molecule has 108 valence electrons. The largest absolute Gasteiger partial charge is 0.454 e. The number of hydrogen-bond donors (Lipinski definition) is 0. The van der Waals surface area contributed by atoms with Crippen molar-refractivity contribution in [1.82, 2.24) is 9.78 Å². The zero-order valence-corrected chi connectivity index (χ0v) is 12.2. The van der Waals surface area contributed by atoms with E-state index in [0.29, 0.717) is 23.1 Å². The van der Waals surface area contributed by atoms with Crippen molar-refractivity contribution in [3.8, 4) is 11.5 Å². The summed E-state index contributed by atoms with van der Waals surface area (Å²) in [6.45, 7) is 4.24. The third-order valence-corrected chi connectivity index (χ3v) is 3.86. The van der Waals surface area contributed by atoms with Gasteiger partial charge in [-0.2, -0.15) is 5.10 Å². The topological polar surface area (TPSA) is 48.0 Å². The Kier molecular flexibility index (Phi) is 3.60. The van der Waals surface area contributed by atoms with Crippen LogP contribution in [-0.4, -0.2) is 16.1 Å². The molecule has 21 heavy (non-hydrogen) atoms. The molecule has 0 unspecified atom stereocenters. The van der Waals surface area contributed by atoms with Crippen LogP contribution in [0.25, 0.3) is 22.4 Å². The van der Waals surface area contributed by atoms with Gasteiger partial charge in [-0.1, -0.05) is 32.0 Å². The number of aldehydes is 1. The summed E-state index contributed by atoms with van der Waals surface area (Å²) in [5.41, 5.74) is 2.00. The average Bonchev–Trinajstić information content (AvgIpc) is 3.11. The van der Waals surface area contributed by atoms with Crippen LogP contribution in [0.1, 0.15) is 43.1 Å². The summed E-state index contributed by atoms with van der Waals surface area (Å²) >= 11 is 0. The van der Waals surface area contributed by atoms with E-state index in [4.69, 9.17) is 4.42 Å². The number of benzene rings is 1. The first-order valence-electron chi connectivity index (χ1n) is 7.30. The summed E-state index contributed by atoms with van der Waals surface area (Å²) in [4.78, 5) is 11.3. The van der Waals surface area contributed by atoms with Crippen LogP contribution in [0.4, 0.5) is 0 Å². The molecule has 0 spiro atoms. The number of hydrogen-bond acceptors (Lipinski definition) is 3. The van der Waals surface area contributed by atoms with Gasteiger partial charge < -0.3 is 4.42 Å². The van der Waals surface area contributed by atoms with Crippen molar-refractivity contribution in [2.75, 3.05) is 0 Å². The molecular formula is C17H18N2O2. The minimum Gasteiger partial charge on any atom is -0.454 e. The third kappa shape index (κ3) is 2.37. The van der Waals surface area contributed by atoms with Crippen LogP contribution in [0.5, 0.6) is 0 Å². The van der Waals surface area contributed by atoms with Gasteiger partial charge in [0.25, 0.3) is 0 Å². The van der Waals surface area contributed by atoms with Gasteiger partial charge in [0.1, 0.15) is 11.3 Å². The molecule has 1 aromatic carbocycles. The second-order valence-electron chi connectivity index (χ2n) is 5.15. The van der Waals surface area contributed by atoms with Crippen molar-refractivity contribution in [3.05, 3.63) is 42.1 Å². The van der Waals surface area contributed by atoms with Crippen LogP contribution in [0.3, 0.4) is 0 Å². The Hall–Kier alpha value is -2.36. The lowest BCUT2D eigenvalue weighted by atomic mass is 10.2. The van der Waals surface area contributed by atoms with Crippen molar-refractivity contribution >= 4 is 17.3 Å². The van der Waals surface area contributed by atoms with Crippen LogP contribution in [0.15, 0.2) is 40.9 Å². The van der Waals surface area contributed by atoms with E-state index in [0.717, 1.165) is 30.1 Å². The fraction of sp³-hybridized carbons (Fsp3) is 0.294. The molecule has 0 N–H and O–H groups in total. The first-order valence-corrected chi connectivity index (χ1v) is 7.30. The monoisotopic (exact) mass is 282 g/mol. The van der Waals surface area contributed by atoms with E-state index in [1.807, 2.05) is 41.2 Å². The Bertz CT molecular complexity index is 733. The molecule has 0 fully saturated rings. The highest BCUT2D eigenvalue weighted by molar-refractivity contribution is 5.88. The molecule has 0 saturated heterocycles. The predicted molar refractivity (Wildman–Crippen MR) is 82.4 cm³/mol. The Morgan fingerprint density at radius 1 is 1.29 bits per heavy atom. The molecule has 0 radical (unpaired) electrons. The van der Waals surface area contributed by atoms with Gasteiger partial charge in [0.15, 0.2) is 12.0 Å². The molecule has 3 aromatic rings. The van der Waals surface area contributed by atoms with Gasteiger partial charge in [0.2, 0.25) is 0 Å². The fourth-order valence-corrected chi connectivity index (χ4v) is 2.63. The van der Waals surface area contributed by atoms with Gasteiger partial charge in [0.05, 0.1) is 11.6 Å². The van der Waals surface area contributed by atoms with E-state index in [1.54, 1.807) is 0 Å². The molecule has 3 rings (SSSR count). The van der Waals surface area contributed by atoms with E-state index >= 15 is 0 Å². The maximum Gasteiger partial charge on any atom is 0.156 e. The summed E-state index contributed by atoms with van der Waals surface area (Å²) in [5, 5.41) is 5.60.